The van der Waals surface area contributed by atoms with Gasteiger partial charge in [-0.1, -0.05) is 12.1 Å². The van der Waals surface area contributed by atoms with Crippen LogP contribution in [0, 0.1) is 0 Å². The van der Waals surface area contributed by atoms with Crippen LogP contribution in [0.3, 0.4) is 0 Å². The van der Waals surface area contributed by atoms with Crippen LogP contribution in [0.15, 0.2) is 42.5 Å². The number of anilines is 3. The lowest BCUT2D eigenvalue weighted by molar-refractivity contribution is -0.118. The van der Waals surface area contributed by atoms with Crippen LogP contribution in [0.25, 0.3) is 0 Å². The summed E-state index contributed by atoms with van der Waals surface area (Å²) in [5, 5.41) is 5.52. The van der Waals surface area contributed by atoms with Crippen molar-refractivity contribution in [3.63, 3.8) is 0 Å². The van der Waals surface area contributed by atoms with Crippen LogP contribution in [0.5, 0.6) is 5.75 Å². The van der Waals surface area contributed by atoms with E-state index in [1.807, 2.05) is 6.07 Å². The maximum absolute atomic E-state index is 12.7. The zero-order chi connectivity index (χ0) is 18.1. The molecular formula is C19H17N3O4. The molecule has 3 amide bonds. The Morgan fingerprint density at radius 2 is 2.00 bits per heavy atom. The summed E-state index contributed by atoms with van der Waals surface area (Å²) in [6.45, 7) is 0.579. The first-order valence-electron chi connectivity index (χ1n) is 8.39. The molecule has 7 nitrogen and oxygen atoms in total. The van der Waals surface area contributed by atoms with E-state index >= 15 is 0 Å². The molecule has 7 heteroatoms. The van der Waals surface area contributed by atoms with Crippen molar-refractivity contribution in [1.82, 2.24) is 0 Å². The van der Waals surface area contributed by atoms with Crippen LogP contribution in [-0.2, 0) is 9.59 Å². The van der Waals surface area contributed by atoms with Gasteiger partial charge in [0, 0.05) is 24.2 Å². The lowest BCUT2D eigenvalue weighted by Gasteiger charge is -2.21. The van der Waals surface area contributed by atoms with Crippen molar-refractivity contribution >= 4 is 34.8 Å². The summed E-state index contributed by atoms with van der Waals surface area (Å²) in [6.07, 6.45) is 1.37. The zero-order valence-corrected chi connectivity index (χ0v) is 14.0. The van der Waals surface area contributed by atoms with Gasteiger partial charge in [-0.2, -0.15) is 0 Å². The van der Waals surface area contributed by atoms with Gasteiger partial charge in [0.05, 0.1) is 11.4 Å². The number of para-hydroxylation sites is 1. The highest BCUT2D eigenvalue weighted by Gasteiger charge is 2.23. The Hall–Kier alpha value is -3.35. The third-order valence-electron chi connectivity index (χ3n) is 4.38. The second kappa shape index (κ2) is 6.51. The van der Waals surface area contributed by atoms with Crippen molar-refractivity contribution in [2.45, 2.75) is 12.8 Å². The largest absolute Gasteiger partial charge is 0.479 e. The van der Waals surface area contributed by atoms with E-state index in [-0.39, 0.29) is 24.3 Å². The van der Waals surface area contributed by atoms with E-state index < -0.39 is 0 Å². The average molecular weight is 351 g/mol. The van der Waals surface area contributed by atoms with Gasteiger partial charge in [0.2, 0.25) is 5.91 Å². The normalized spacial score (nSPS) is 15.9. The Morgan fingerprint density at radius 1 is 1.15 bits per heavy atom. The number of carbonyl (C=O) groups is 3. The first kappa shape index (κ1) is 16.1. The van der Waals surface area contributed by atoms with E-state index in [1.54, 1.807) is 41.3 Å². The van der Waals surface area contributed by atoms with E-state index in [4.69, 9.17) is 4.74 Å². The van der Waals surface area contributed by atoms with Gasteiger partial charge in [0.15, 0.2) is 12.4 Å². The van der Waals surface area contributed by atoms with Crippen molar-refractivity contribution in [3.05, 3.63) is 48.0 Å². The van der Waals surface area contributed by atoms with Gasteiger partial charge < -0.3 is 20.3 Å². The number of ether oxygens (including phenoxy) is 1. The standard InChI is InChI=1S/C19H17N3O4/c23-16-11-26-18-14(20-16)6-2-7-15(18)21-19(25)12-4-1-5-13(10-12)22-9-3-8-17(22)24/h1-2,4-7,10H,3,8-9,11H2,(H,20,23)(H,21,25). The second-order valence-corrected chi connectivity index (χ2v) is 6.17. The van der Waals surface area contributed by atoms with Crippen molar-refractivity contribution in [2.24, 2.45) is 0 Å². The Morgan fingerprint density at radius 3 is 2.81 bits per heavy atom. The summed E-state index contributed by atoms with van der Waals surface area (Å²) in [5.74, 6) is -0.0356. The van der Waals surface area contributed by atoms with Gasteiger partial charge in [-0.15, -0.1) is 0 Å². The topological polar surface area (TPSA) is 87.7 Å². The van der Waals surface area contributed by atoms with Crippen molar-refractivity contribution in [2.75, 3.05) is 28.7 Å². The lowest BCUT2D eigenvalue weighted by atomic mass is 10.1. The van der Waals surface area contributed by atoms with Crippen LogP contribution in [0.4, 0.5) is 17.1 Å². The summed E-state index contributed by atoms with van der Waals surface area (Å²) in [6, 6.07) is 12.1. The number of rotatable bonds is 3. The number of benzene rings is 2. The fourth-order valence-corrected chi connectivity index (χ4v) is 3.14. The van der Waals surface area contributed by atoms with E-state index in [0.29, 0.717) is 35.7 Å². The van der Waals surface area contributed by atoms with Gasteiger partial charge in [0.1, 0.15) is 0 Å². The van der Waals surface area contributed by atoms with Gasteiger partial charge in [-0.3, -0.25) is 14.4 Å². The molecule has 0 unspecified atom stereocenters. The summed E-state index contributed by atoms with van der Waals surface area (Å²) in [5.41, 5.74) is 2.17. The molecule has 0 atom stereocenters. The molecule has 2 aromatic carbocycles. The molecule has 4 rings (SSSR count). The molecule has 0 bridgehead atoms. The van der Waals surface area contributed by atoms with E-state index in [1.165, 1.54) is 0 Å². The Balaban J connectivity index is 1.57. The monoisotopic (exact) mass is 351 g/mol. The van der Waals surface area contributed by atoms with Crippen LogP contribution in [-0.4, -0.2) is 30.9 Å². The molecule has 0 aliphatic carbocycles. The molecule has 0 spiro atoms. The van der Waals surface area contributed by atoms with E-state index in [2.05, 4.69) is 10.6 Å². The fourth-order valence-electron chi connectivity index (χ4n) is 3.14. The number of amides is 3. The number of hydrogen-bond donors (Lipinski definition) is 2. The summed E-state index contributed by atoms with van der Waals surface area (Å²) in [4.78, 5) is 37.7. The number of nitrogens with one attached hydrogen (secondary N) is 2. The highest BCUT2D eigenvalue weighted by Crippen LogP contribution is 2.35. The molecular weight excluding hydrogens is 334 g/mol. The maximum atomic E-state index is 12.7. The highest BCUT2D eigenvalue weighted by molar-refractivity contribution is 6.07. The molecule has 132 valence electrons. The average Bonchev–Trinajstić information content (AvgIpc) is 3.08. The molecule has 0 saturated carbocycles. The van der Waals surface area contributed by atoms with Gasteiger partial charge in [-0.05, 0) is 36.8 Å². The van der Waals surface area contributed by atoms with Gasteiger partial charge in [0.25, 0.3) is 11.8 Å². The van der Waals surface area contributed by atoms with Crippen molar-refractivity contribution < 1.29 is 19.1 Å². The van der Waals surface area contributed by atoms with Crippen LogP contribution in [0.1, 0.15) is 23.2 Å². The lowest BCUT2D eigenvalue weighted by Crippen LogP contribution is -2.26. The predicted molar refractivity (Wildman–Crippen MR) is 96.5 cm³/mol. The molecule has 1 saturated heterocycles. The number of nitrogens with zero attached hydrogens (tertiary/aromatic N) is 1. The molecule has 2 aliphatic heterocycles. The van der Waals surface area contributed by atoms with E-state index in [9.17, 15) is 14.4 Å². The minimum Gasteiger partial charge on any atom is -0.479 e. The second-order valence-electron chi connectivity index (χ2n) is 6.17. The van der Waals surface area contributed by atoms with E-state index in [0.717, 1.165) is 12.1 Å². The van der Waals surface area contributed by atoms with Crippen molar-refractivity contribution in [1.29, 1.82) is 0 Å². The molecule has 0 aromatic heterocycles. The molecule has 1 fully saturated rings. The molecule has 2 aliphatic rings. The first-order chi connectivity index (χ1) is 12.6. The Kier molecular flexibility index (Phi) is 4.04. The predicted octanol–water partition coefficient (Wildman–Crippen LogP) is 2.40. The quantitative estimate of drug-likeness (QED) is 0.889. The molecule has 26 heavy (non-hydrogen) atoms. The summed E-state index contributed by atoms with van der Waals surface area (Å²) < 4.78 is 5.44. The maximum Gasteiger partial charge on any atom is 0.262 e. The van der Waals surface area contributed by atoms with Crippen LogP contribution < -0.4 is 20.3 Å². The minimum absolute atomic E-state index is 0.0730. The molecule has 0 radical (unpaired) electrons. The number of hydrogen-bond acceptors (Lipinski definition) is 4. The number of fused-ring (bicyclic) bond motifs is 1. The zero-order valence-electron chi connectivity index (χ0n) is 14.0. The number of carbonyl (C=O) groups excluding carboxylic acids is 3. The van der Waals surface area contributed by atoms with Gasteiger partial charge in [-0.25, -0.2) is 0 Å². The molecule has 2 heterocycles. The van der Waals surface area contributed by atoms with Crippen molar-refractivity contribution in [3.8, 4) is 5.75 Å². The Labute approximate surface area is 149 Å². The minimum atomic E-state index is -0.313. The first-order valence-corrected chi connectivity index (χ1v) is 8.39. The van der Waals surface area contributed by atoms with Gasteiger partial charge >= 0.3 is 0 Å². The van der Waals surface area contributed by atoms with Crippen LogP contribution in [0.2, 0.25) is 0 Å². The SMILES string of the molecule is O=C1COc2c(cccc2NC(=O)c2cccc(N3CCCC3=O)c2)N1. The summed E-state index contributed by atoms with van der Waals surface area (Å²) in [7, 11) is 0. The smallest absolute Gasteiger partial charge is 0.262 e. The molecule has 2 aromatic rings. The Bertz CT molecular complexity index is 909. The fraction of sp³-hybridized carbons (Fsp3) is 0.211. The van der Waals surface area contributed by atoms with Crippen LogP contribution >= 0.6 is 0 Å². The third kappa shape index (κ3) is 2.99. The highest BCUT2D eigenvalue weighted by atomic mass is 16.5. The summed E-state index contributed by atoms with van der Waals surface area (Å²) >= 11 is 0. The molecule has 2 N–H and O–H groups in total. The third-order valence-corrected chi connectivity index (χ3v) is 4.38.